The predicted octanol–water partition coefficient (Wildman–Crippen LogP) is -0.369. The van der Waals surface area contributed by atoms with Crippen LogP contribution >= 0.6 is 0 Å². The molecule has 0 aliphatic carbocycles. The lowest BCUT2D eigenvalue weighted by atomic mass is 10.1. The van der Waals surface area contributed by atoms with Crippen LogP contribution in [-0.4, -0.2) is 62.3 Å². The van der Waals surface area contributed by atoms with Crippen LogP contribution in [0.4, 0.5) is 0 Å². The first-order valence-corrected chi connectivity index (χ1v) is 8.98. The molecule has 1 fully saturated rings. The van der Waals surface area contributed by atoms with Gasteiger partial charge >= 0.3 is 17.9 Å². The molecule has 4 atom stereocenters. The molecule has 0 aromatic carbocycles. The second-order valence-electron chi connectivity index (χ2n) is 6.67. The summed E-state index contributed by atoms with van der Waals surface area (Å²) in [6.07, 6.45) is -2.53. The van der Waals surface area contributed by atoms with Crippen LogP contribution in [0.3, 0.4) is 0 Å². The average Bonchev–Trinajstić information content (AvgIpc) is 3.21. The molecule has 1 aliphatic rings. The molecule has 1 aliphatic heterocycles. The Morgan fingerprint density at radius 3 is 2.42 bits per heavy atom. The summed E-state index contributed by atoms with van der Waals surface area (Å²) in [5, 5.41) is 18.8. The van der Waals surface area contributed by atoms with Crippen molar-refractivity contribution in [3.05, 3.63) is 28.4 Å². The Morgan fingerprint density at radius 2 is 1.84 bits per heavy atom. The van der Waals surface area contributed by atoms with Crippen LogP contribution in [-0.2, 0) is 33.3 Å². The minimum Gasteiger partial charge on any atom is -0.463 e. The van der Waals surface area contributed by atoms with Crippen LogP contribution in [0.15, 0.2) is 17.3 Å². The number of nitriles is 1. The third-order valence-electron chi connectivity index (χ3n) is 4.45. The zero-order chi connectivity index (χ0) is 22.9. The molecular formula is C18H18N4O9. The number of carbonyl (C=O) groups is 3. The highest BCUT2D eigenvalue weighted by molar-refractivity contribution is 5.82. The Morgan fingerprint density at radius 1 is 1.19 bits per heavy atom. The fraction of sp³-hybridized carbons (Fsp3) is 0.444. The third kappa shape index (κ3) is 4.19. The summed E-state index contributed by atoms with van der Waals surface area (Å²) < 4.78 is 22.9. The minimum absolute atomic E-state index is 0.0382. The van der Waals surface area contributed by atoms with Gasteiger partial charge in [-0.3, -0.25) is 19.2 Å². The number of esters is 3. The van der Waals surface area contributed by atoms with Crippen molar-refractivity contribution < 1.29 is 38.5 Å². The second-order valence-corrected chi connectivity index (χ2v) is 6.67. The fourth-order valence-corrected chi connectivity index (χ4v) is 3.33. The Kier molecular flexibility index (Phi) is 5.93. The van der Waals surface area contributed by atoms with Crippen molar-refractivity contribution in [2.75, 3.05) is 6.61 Å². The largest absolute Gasteiger partial charge is 0.463 e. The van der Waals surface area contributed by atoms with E-state index in [1.54, 1.807) is 0 Å². The lowest BCUT2D eigenvalue weighted by molar-refractivity contribution is -0.166. The molecule has 13 nitrogen and oxygen atoms in total. The van der Waals surface area contributed by atoms with E-state index in [2.05, 4.69) is 4.98 Å². The zero-order valence-corrected chi connectivity index (χ0v) is 16.7. The summed E-state index contributed by atoms with van der Waals surface area (Å²) in [5.74, 6) is -2.02. The highest BCUT2D eigenvalue weighted by Crippen LogP contribution is 2.36. The molecule has 0 radical (unpaired) electrons. The highest BCUT2D eigenvalue weighted by Gasteiger charge is 2.51. The van der Waals surface area contributed by atoms with E-state index < -0.39 is 48.0 Å². The van der Waals surface area contributed by atoms with Gasteiger partial charge in [0.15, 0.2) is 24.1 Å². The van der Waals surface area contributed by atoms with Gasteiger partial charge in [0, 0.05) is 27.0 Å². The van der Waals surface area contributed by atoms with Crippen LogP contribution in [0.5, 0.6) is 0 Å². The number of nitrogens with zero attached hydrogens (tertiary/aromatic N) is 4. The van der Waals surface area contributed by atoms with E-state index in [0.29, 0.717) is 0 Å². The molecule has 31 heavy (non-hydrogen) atoms. The van der Waals surface area contributed by atoms with Crippen molar-refractivity contribution in [1.82, 2.24) is 14.3 Å². The molecule has 164 valence electrons. The molecule has 0 spiro atoms. The molecule has 0 saturated carbocycles. The van der Waals surface area contributed by atoms with Gasteiger partial charge < -0.3 is 28.7 Å². The van der Waals surface area contributed by atoms with E-state index in [9.17, 15) is 29.6 Å². The fourth-order valence-electron chi connectivity index (χ4n) is 3.33. The van der Waals surface area contributed by atoms with Crippen LogP contribution in [0.25, 0.3) is 11.0 Å². The van der Waals surface area contributed by atoms with Crippen LogP contribution in [0.1, 0.15) is 32.6 Å². The maximum atomic E-state index is 12.3. The topological polar surface area (TPSA) is 172 Å². The van der Waals surface area contributed by atoms with E-state index in [0.717, 1.165) is 20.2 Å². The highest BCUT2D eigenvalue weighted by atomic mass is 16.7. The van der Waals surface area contributed by atoms with Crippen molar-refractivity contribution in [3.8, 4) is 6.07 Å². The Bertz CT molecular complexity index is 1150. The van der Waals surface area contributed by atoms with Crippen molar-refractivity contribution in [1.29, 1.82) is 5.26 Å². The summed E-state index contributed by atoms with van der Waals surface area (Å²) >= 11 is 0. The van der Waals surface area contributed by atoms with Crippen LogP contribution < -0.4 is 5.56 Å². The first-order valence-electron chi connectivity index (χ1n) is 8.98. The molecule has 3 heterocycles. The molecule has 0 unspecified atom stereocenters. The van der Waals surface area contributed by atoms with Crippen LogP contribution in [0, 0.1) is 11.3 Å². The van der Waals surface area contributed by atoms with Gasteiger partial charge in [0.2, 0.25) is 0 Å². The maximum absolute atomic E-state index is 12.3. The van der Waals surface area contributed by atoms with E-state index in [-0.39, 0.29) is 27.9 Å². The van der Waals surface area contributed by atoms with Crippen LogP contribution in [0.2, 0.25) is 0 Å². The van der Waals surface area contributed by atoms with Gasteiger partial charge in [0.1, 0.15) is 30.5 Å². The molecule has 3 rings (SSSR count). The maximum Gasteiger partial charge on any atom is 0.303 e. The van der Waals surface area contributed by atoms with Gasteiger partial charge in [-0.05, 0) is 0 Å². The number of fused-ring (bicyclic) bond motifs is 1. The van der Waals surface area contributed by atoms with Gasteiger partial charge in [0.25, 0.3) is 5.56 Å². The summed E-state index contributed by atoms with van der Waals surface area (Å²) in [6, 6.07) is 1.83. The monoisotopic (exact) mass is 434 g/mol. The lowest BCUT2D eigenvalue weighted by Crippen LogP contribution is -2.40. The predicted molar refractivity (Wildman–Crippen MR) is 97.5 cm³/mol. The van der Waals surface area contributed by atoms with Crippen molar-refractivity contribution in [2.45, 2.75) is 45.3 Å². The molecule has 0 bridgehead atoms. The van der Waals surface area contributed by atoms with Crippen molar-refractivity contribution >= 4 is 28.9 Å². The minimum atomic E-state index is -1.22. The molecule has 2 aromatic heterocycles. The molecule has 13 heteroatoms. The van der Waals surface area contributed by atoms with Gasteiger partial charge in [-0.1, -0.05) is 0 Å². The van der Waals surface area contributed by atoms with Gasteiger partial charge in [0.05, 0.1) is 5.56 Å². The van der Waals surface area contributed by atoms with Gasteiger partial charge in [-0.2, -0.15) is 5.26 Å². The first kappa shape index (κ1) is 21.8. The average molecular weight is 434 g/mol. The van der Waals surface area contributed by atoms with Crippen molar-refractivity contribution in [2.24, 2.45) is 0 Å². The number of hydrogen-bond donors (Lipinski definition) is 1. The SMILES string of the molecule is CC(=O)OC[C@H]1O[C@@H](n2cc(C#N)c3c(=O)n(O)cnc32)[C@H](OC(C)=O)[C@@H]1OC(C)=O. The van der Waals surface area contributed by atoms with Crippen molar-refractivity contribution in [3.63, 3.8) is 0 Å². The standard InChI is InChI=1S/C18H18N4O9/c1-8(23)28-6-12-14(29-9(2)24)15(30-10(3)25)18(31-12)21-5-11(4-19)13-16(21)20-7-22(27)17(13)26/h5,7,12,14-15,18,27H,6H2,1-3H3/t12-,14-,15-,18-/m1/s1. The Balaban J connectivity index is 2.13. The molecule has 1 N–H and O–H groups in total. The Hall–Kier alpha value is -3.92. The summed E-state index contributed by atoms with van der Waals surface area (Å²) in [5.41, 5.74) is -1.05. The lowest BCUT2D eigenvalue weighted by Gasteiger charge is -2.24. The molecular weight excluding hydrogens is 416 g/mol. The summed E-state index contributed by atoms with van der Waals surface area (Å²) in [6.45, 7) is 3.14. The molecule has 2 aromatic rings. The van der Waals surface area contributed by atoms with E-state index in [1.807, 2.05) is 6.07 Å². The Labute approximate surface area is 174 Å². The van der Waals surface area contributed by atoms with Gasteiger partial charge in [-0.25, -0.2) is 4.98 Å². The normalized spacial score (nSPS) is 22.6. The number of ether oxygens (including phenoxy) is 4. The number of hydrogen-bond acceptors (Lipinski definition) is 11. The number of rotatable bonds is 5. The molecule has 0 amide bonds. The van der Waals surface area contributed by atoms with E-state index >= 15 is 0 Å². The second kappa shape index (κ2) is 8.44. The summed E-state index contributed by atoms with van der Waals surface area (Å²) in [4.78, 5) is 50.9. The molecule has 1 saturated heterocycles. The zero-order valence-electron chi connectivity index (χ0n) is 16.7. The third-order valence-corrected chi connectivity index (χ3v) is 4.45. The first-order chi connectivity index (χ1) is 14.6. The quantitative estimate of drug-likeness (QED) is 0.370. The smallest absolute Gasteiger partial charge is 0.303 e. The summed E-state index contributed by atoms with van der Waals surface area (Å²) in [7, 11) is 0. The number of aromatic nitrogens is 3. The van der Waals surface area contributed by atoms with Gasteiger partial charge in [-0.15, -0.1) is 4.73 Å². The van der Waals surface area contributed by atoms with E-state index in [4.69, 9.17) is 18.9 Å². The number of carbonyl (C=O) groups excluding carboxylic acids is 3. The van der Waals surface area contributed by atoms with E-state index in [1.165, 1.54) is 17.7 Å².